The third-order valence-corrected chi connectivity index (χ3v) is 0. The fourth-order valence-electron chi connectivity index (χ4n) is 0. The molecule has 0 saturated heterocycles. The van der Waals surface area contributed by atoms with E-state index in [1.54, 1.807) is 0 Å². The van der Waals surface area contributed by atoms with Crippen molar-refractivity contribution in [2.24, 2.45) is 0 Å². The van der Waals surface area contributed by atoms with Gasteiger partial charge in [-0.25, -0.2) is 0 Å². The molecule has 0 fully saturated rings. The first-order chi connectivity index (χ1) is 1.73. The van der Waals surface area contributed by atoms with Crippen LogP contribution in [0.1, 0.15) is 0 Å². The Labute approximate surface area is 49.9 Å². The summed E-state index contributed by atoms with van der Waals surface area (Å²) in [4.78, 5) is 0. The average Bonchev–Trinajstić information content (AvgIpc) is 0.811. The summed E-state index contributed by atoms with van der Waals surface area (Å²) in [6, 6.07) is 0. The van der Waals surface area contributed by atoms with Gasteiger partial charge in [-0.2, -0.15) is 0 Å². The zero-order valence-electron chi connectivity index (χ0n) is 2.47. The SMILES string of the molecule is [CH3][Ir](=[O])=[O].[Pt]. The first-order valence-corrected chi connectivity index (χ1v) is 4.96. The Hall–Kier alpha value is 0.938. The number of hydrogen-bond acceptors (Lipinski definition) is 2. The molecule has 0 saturated carbocycles. The van der Waals surface area contributed by atoms with E-state index in [1.807, 2.05) is 0 Å². The smallest absolute Gasteiger partial charge is 0 e. The fraction of sp³-hybridized carbons (Fsp3) is 1.00. The second kappa shape index (κ2) is 4.94. The van der Waals surface area contributed by atoms with Crippen molar-refractivity contribution in [2.45, 2.75) is 5.44 Å². The van der Waals surface area contributed by atoms with Crippen molar-refractivity contribution in [1.82, 2.24) is 0 Å². The molecule has 0 spiro atoms. The van der Waals surface area contributed by atoms with Crippen molar-refractivity contribution >= 4 is 0 Å². The van der Waals surface area contributed by atoms with Crippen molar-refractivity contribution in [3.63, 3.8) is 0 Å². The van der Waals surface area contributed by atoms with Crippen LogP contribution in [0.3, 0.4) is 0 Å². The molecule has 0 aromatic heterocycles. The van der Waals surface area contributed by atoms with Crippen LogP contribution in [0.2, 0.25) is 5.44 Å². The van der Waals surface area contributed by atoms with Crippen LogP contribution in [0.5, 0.6) is 0 Å². The first-order valence-electron chi connectivity index (χ1n) is 0.605. The van der Waals surface area contributed by atoms with Crippen LogP contribution >= 0.6 is 0 Å². The van der Waals surface area contributed by atoms with Gasteiger partial charge in [-0.3, -0.25) is 0 Å². The summed E-state index contributed by atoms with van der Waals surface area (Å²) in [6.45, 7) is 0. The maximum Gasteiger partial charge on any atom is 0 e. The van der Waals surface area contributed by atoms with Crippen LogP contribution in [0.4, 0.5) is 0 Å². The molecule has 0 radical (unpaired) electrons. The summed E-state index contributed by atoms with van der Waals surface area (Å²) < 4.78 is 18.3. The molecular formula is CH3IrO2Pt. The average molecular weight is 434 g/mol. The normalized spacial score (nSPS) is 8.60. The predicted molar refractivity (Wildman–Crippen MR) is 7.24 cm³/mol. The Bertz CT molecular complexity index is 58.0. The van der Waals surface area contributed by atoms with Gasteiger partial charge in [-0.05, 0) is 0 Å². The van der Waals surface area contributed by atoms with E-state index < -0.39 is 16.4 Å². The largest absolute Gasteiger partial charge is 0 e. The van der Waals surface area contributed by atoms with E-state index in [0.717, 1.165) is 0 Å². The van der Waals surface area contributed by atoms with Crippen molar-refractivity contribution in [3.05, 3.63) is 0 Å². The van der Waals surface area contributed by atoms with E-state index in [1.165, 1.54) is 5.44 Å². The van der Waals surface area contributed by atoms with Crippen molar-refractivity contribution < 1.29 is 44.5 Å². The van der Waals surface area contributed by atoms with E-state index in [2.05, 4.69) is 0 Å². The minimum atomic E-state index is -2.83. The zero-order valence-corrected chi connectivity index (χ0v) is 7.13. The van der Waals surface area contributed by atoms with Gasteiger partial charge in [0.25, 0.3) is 0 Å². The molecule has 0 N–H and O–H groups in total. The summed E-state index contributed by atoms with van der Waals surface area (Å²) >= 11 is -2.83. The van der Waals surface area contributed by atoms with Gasteiger partial charge in [0.1, 0.15) is 0 Å². The quantitative estimate of drug-likeness (QED) is 0.552. The van der Waals surface area contributed by atoms with E-state index in [0.29, 0.717) is 0 Å². The minimum Gasteiger partial charge on any atom is 0 e. The molecule has 0 aliphatic rings. The summed E-state index contributed by atoms with van der Waals surface area (Å²) in [5.74, 6) is 0. The molecule has 0 aromatic rings. The molecule has 0 unspecified atom stereocenters. The molecule has 0 heterocycles. The van der Waals surface area contributed by atoms with Gasteiger partial charge in [0.15, 0.2) is 0 Å². The zero-order chi connectivity index (χ0) is 3.58. The third kappa shape index (κ3) is 48.5. The Balaban J connectivity index is 0. The molecule has 0 atom stereocenters. The second-order valence-corrected chi connectivity index (χ2v) is 2.68. The van der Waals surface area contributed by atoms with Gasteiger partial charge in [-0.1, -0.05) is 0 Å². The molecule has 0 bridgehead atoms. The van der Waals surface area contributed by atoms with Crippen molar-refractivity contribution in [2.75, 3.05) is 0 Å². The summed E-state index contributed by atoms with van der Waals surface area (Å²) in [7, 11) is 0. The molecule has 5 heavy (non-hydrogen) atoms. The minimum absolute atomic E-state index is 0. The Morgan fingerprint density at radius 3 is 1.40 bits per heavy atom. The Kier molecular flexibility index (Phi) is 9.22. The standard InChI is InChI=1S/CH3.Ir.2O.Pt/h1H3;;;;. The van der Waals surface area contributed by atoms with Crippen LogP contribution in [-0.4, -0.2) is 0 Å². The molecule has 4 heteroatoms. The van der Waals surface area contributed by atoms with E-state index in [9.17, 15) is 0 Å². The fourth-order valence-corrected chi connectivity index (χ4v) is 0. The Morgan fingerprint density at radius 1 is 1.40 bits per heavy atom. The molecule has 0 aliphatic carbocycles. The topological polar surface area (TPSA) is 34.1 Å². The van der Waals surface area contributed by atoms with Gasteiger partial charge in [-0.15, -0.1) is 0 Å². The van der Waals surface area contributed by atoms with E-state index >= 15 is 0 Å². The summed E-state index contributed by atoms with van der Waals surface area (Å²) in [5.41, 5.74) is 1.22. The molecule has 0 aliphatic heterocycles. The molecule has 0 aromatic carbocycles. The second-order valence-electron chi connectivity index (χ2n) is 0.328. The molecule has 0 rings (SSSR count). The number of rotatable bonds is 0. The van der Waals surface area contributed by atoms with E-state index in [-0.39, 0.29) is 21.1 Å². The van der Waals surface area contributed by atoms with Gasteiger partial charge in [0.2, 0.25) is 0 Å². The van der Waals surface area contributed by atoms with Crippen LogP contribution in [-0.2, 0) is 44.5 Å². The molecule has 38 valence electrons. The van der Waals surface area contributed by atoms with Gasteiger partial charge in [0.05, 0.1) is 0 Å². The maximum absolute atomic E-state index is 9.14. The molecular weight excluding hydrogens is 431 g/mol. The van der Waals surface area contributed by atoms with Crippen LogP contribution < -0.4 is 0 Å². The number of hydrogen-bond donors (Lipinski definition) is 0. The van der Waals surface area contributed by atoms with Crippen LogP contribution in [0.15, 0.2) is 0 Å². The van der Waals surface area contributed by atoms with Crippen molar-refractivity contribution in [1.29, 1.82) is 0 Å². The van der Waals surface area contributed by atoms with E-state index in [4.69, 9.17) is 7.01 Å². The predicted octanol–water partition coefficient (Wildman–Crippen LogP) is 0.341. The van der Waals surface area contributed by atoms with Crippen LogP contribution in [0, 0.1) is 0 Å². The van der Waals surface area contributed by atoms with Crippen molar-refractivity contribution in [3.8, 4) is 0 Å². The first kappa shape index (κ1) is 9.34. The van der Waals surface area contributed by atoms with Crippen LogP contribution in [0.25, 0.3) is 0 Å². The van der Waals surface area contributed by atoms with Gasteiger partial charge < -0.3 is 0 Å². The van der Waals surface area contributed by atoms with Gasteiger partial charge >= 0.3 is 28.8 Å². The molecule has 2 nitrogen and oxygen atoms in total. The summed E-state index contributed by atoms with van der Waals surface area (Å²) in [5, 5.41) is 0. The monoisotopic (exact) mass is 435 g/mol. The van der Waals surface area contributed by atoms with Gasteiger partial charge in [0, 0.05) is 21.1 Å². The summed E-state index contributed by atoms with van der Waals surface area (Å²) in [6.07, 6.45) is 0. The Morgan fingerprint density at radius 2 is 1.40 bits per heavy atom. The maximum atomic E-state index is 9.14. The third-order valence-electron chi connectivity index (χ3n) is 0. The molecule has 0 amide bonds.